The van der Waals surface area contributed by atoms with Crippen molar-refractivity contribution in [2.45, 2.75) is 5.92 Å². The minimum absolute atomic E-state index is 0.00460. The Hall–Kier alpha value is -3.19. The van der Waals surface area contributed by atoms with Crippen LogP contribution in [-0.4, -0.2) is 4.99 Å². The lowest BCUT2D eigenvalue weighted by Crippen LogP contribution is -2.32. The molecule has 7 heteroatoms. The molecule has 0 radical (unpaired) electrons. The molecule has 0 saturated carbocycles. The average Bonchev–Trinajstić information content (AvgIpc) is 2.61. The lowest BCUT2D eigenvalue weighted by Gasteiger charge is -2.28. The molecule has 1 aliphatic rings. The molecule has 1 unspecified atom stereocenters. The maximum atomic E-state index is 13.4. The SMILES string of the molecule is NC(=S)C1=C(N)Oc2c(c(=O)oc3ccccc23)C1c1ccc(F)cc1. The van der Waals surface area contributed by atoms with Crippen molar-refractivity contribution in [1.82, 2.24) is 0 Å². The van der Waals surface area contributed by atoms with Gasteiger partial charge in [-0.2, -0.15) is 0 Å². The Morgan fingerprint density at radius 2 is 1.81 bits per heavy atom. The van der Waals surface area contributed by atoms with Crippen LogP contribution in [0.4, 0.5) is 4.39 Å². The van der Waals surface area contributed by atoms with E-state index < -0.39 is 17.4 Å². The molecule has 0 fully saturated rings. The topological polar surface area (TPSA) is 91.5 Å². The molecule has 0 amide bonds. The van der Waals surface area contributed by atoms with Crippen LogP contribution in [0.5, 0.6) is 5.75 Å². The number of fused-ring (bicyclic) bond motifs is 3. The summed E-state index contributed by atoms with van der Waals surface area (Å²) in [5, 5.41) is 0.596. The number of rotatable bonds is 2. The predicted molar refractivity (Wildman–Crippen MR) is 99.4 cm³/mol. The van der Waals surface area contributed by atoms with Crippen molar-refractivity contribution in [3.63, 3.8) is 0 Å². The zero-order chi connectivity index (χ0) is 18.4. The maximum Gasteiger partial charge on any atom is 0.344 e. The van der Waals surface area contributed by atoms with E-state index in [9.17, 15) is 9.18 Å². The first-order valence-corrected chi connectivity index (χ1v) is 8.16. The molecule has 0 saturated heterocycles. The van der Waals surface area contributed by atoms with Gasteiger partial charge in [-0.1, -0.05) is 36.5 Å². The second kappa shape index (κ2) is 5.96. The molecule has 4 rings (SSSR count). The number of halogens is 1. The monoisotopic (exact) mass is 368 g/mol. The van der Waals surface area contributed by atoms with Crippen LogP contribution in [0.2, 0.25) is 0 Å². The summed E-state index contributed by atoms with van der Waals surface area (Å²) in [6.45, 7) is 0. The standard InChI is InChI=1S/C19H13FN2O3S/c20-10-7-5-9(6-8-10)13-14-16(25-17(21)15(13)18(22)26)11-3-1-2-4-12(11)24-19(14)23/h1-8,13H,21H2,(H2,22,26). The molecule has 1 aromatic heterocycles. The highest BCUT2D eigenvalue weighted by Crippen LogP contribution is 2.43. The van der Waals surface area contributed by atoms with E-state index >= 15 is 0 Å². The van der Waals surface area contributed by atoms with E-state index in [1.165, 1.54) is 12.1 Å². The summed E-state index contributed by atoms with van der Waals surface area (Å²) in [5.74, 6) is -0.808. The smallest absolute Gasteiger partial charge is 0.344 e. The maximum absolute atomic E-state index is 13.4. The van der Waals surface area contributed by atoms with Gasteiger partial charge in [0.1, 0.15) is 16.4 Å². The lowest BCUT2D eigenvalue weighted by molar-refractivity contribution is 0.389. The Bertz CT molecular complexity index is 1140. The van der Waals surface area contributed by atoms with E-state index in [0.29, 0.717) is 27.9 Å². The van der Waals surface area contributed by atoms with Crippen LogP contribution < -0.4 is 21.8 Å². The Morgan fingerprint density at radius 3 is 2.50 bits per heavy atom. The summed E-state index contributed by atoms with van der Waals surface area (Å²) in [7, 11) is 0. The number of hydrogen-bond acceptors (Lipinski definition) is 5. The summed E-state index contributed by atoms with van der Waals surface area (Å²) in [6.07, 6.45) is 0. The third kappa shape index (κ3) is 2.44. The van der Waals surface area contributed by atoms with Gasteiger partial charge in [-0.3, -0.25) is 0 Å². The number of ether oxygens (including phenoxy) is 1. The molecule has 130 valence electrons. The first kappa shape index (κ1) is 16.3. The summed E-state index contributed by atoms with van der Waals surface area (Å²) in [5.41, 5.74) is 12.8. The van der Waals surface area contributed by atoms with Gasteiger partial charge in [-0.05, 0) is 29.8 Å². The molecule has 1 atom stereocenters. The molecule has 0 aliphatic carbocycles. The first-order valence-electron chi connectivity index (χ1n) is 7.76. The van der Waals surface area contributed by atoms with Gasteiger partial charge >= 0.3 is 5.63 Å². The number of benzene rings is 2. The van der Waals surface area contributed by atoms with Gasteiger partial charge in [0.15, 0.2) is 11.6 Å². The predicted octanol–water partition coefficient (Wildman–Crippen LogP) is 2.91. The van der Waals surface area contributed by atoms with Crippen molar-refractivity contribution < 1.29 is 13.5 Å². The first-order chi connectivity index (χ1) is 12.5. The van der Waals surface area contributed by atoms with Crippen LogP contribution >= 0.6 is 12.2 Å². The van der Waals surface area contributed by atoms with Crippen molar-refractivity contribution in [3.05, 3.63) is 87.4 Å². The van der Waals surface area contributed by atoms with Gasteiger partial charge in [-0.25, -0.2) is 9.18 Å². The number of nitrogens with two attached hydrogens (primary N) is 2. The van der Waals surface area contributed by atoms with Crippen LogP contribution in [0, 0.1) is 5.82 Å². The fraction of sp³-hybridized carbons (Fsp3) is 0.0526. The second-order valence-electron chi connectivity index (χ2n) is 5.86. The highest BCUT2D eigenvalue weighted by Gasteiger charge is 2.36. The fourth-order valence-corrected chi connectivity index (χ4v) is 3.42. The Balaban J connectivity index is 2.08. The Morgan fingerprint density at radius 1 is 1.12 bits per heavy atom. The van der Waals surface area contributed by atoms with Crippen LogP contribution in [0.25, 0.3) is 11.0 Å². The summed E-state index contributed by atoms with van der Waals surface area (Å²) in [4.78, 5) is 12.7. The van der Waals surface area contributed by atoms with Crippen molar-refractivity contribution >= 4 is 28.2 Å². The summed E-state index contributed by atoms with van der Waals surface area (Å²) < 4.78 is 24.6. The fourth-order valence-electron chi connectivity index (χ4n) is 3.20. The summed E-state index contributed by atoms with van der Waals surface area (Å²) >= 11 is 5.12. The molecule has 0 bridgehead atoms. The third-order valence-electron chi connectivity index (χ3n) is 4.32. The molecular weight excluding hydrogens is 355 g/mol. The van der Waals surface area contributed by atoms with Gasteiger partial charge in [0, 0.05) is 0 Å². The molecule has 0 spiro atoms. The van der Waals surface area contributed by atoms with Crippen molar-refractivity contribution in [2.24, 2.45) is 11.5 Å². The highest BCUT2D eigenvalue weighted by atomic mass is 32.1. The van der Waals surface area contributed by atoms with Gasteiger partial charge in [0.05, 0.1) is 22.4 Å². The molecule has 2 heterocycles. The molecule has 3 aromatic rings. The van der Waals surface area contributed by atoms with E-state index in [2.05, 4.69) is 0 Å². The minimum Gasteiger partial charge on any atom is -0.440 e. The minimum atomic E-state index is -0.710. The van der Waals surface area contributed by atoms with Gasteiger partial charge in [0.2, 0.25) is 0 Å². The normalized spacial score (nSPS) is 16.3. The number of hydrogen-bond donors (Lipinski definition) is 2. The molecular formula is C19H13FN2O3S. The second-order valence-corrected chi connectivity index (χ2v) is 6.30. The number of thiocarbonyl (C=S) groups is 1. The van der Waals surface area contributed by atoms with E-state index in [1.807, 2.05) is 0 Å². The van der Waals surface area contributed by atoms with Crippen LogP contribution in [0.1, 0.15) is 17.0 Å². The van der Waals surface area contributed by atoms with Crippen molar-refractivity contribution in [3.8, 4) is 5.75 Å². The summed E-state index contributed by atoms with van der Waals surface area (Å²) in [6, 6.07) is 12.7. The Labute approximate surface area is 152 Å². The largest absolute Gasteiger partial charge is 0.440 e. The van der Waals surface area contributed by atoms with Gasteiger partial charge in [0.25, 0.3) is 0 Å². The average molecular weight is 368 g/mol. The molecule has 1 aliphatic heterocycles. The van der Waals surface area contributed by atoms with Crippen LogP contribution in [-0.2, 0) is 0 Å². The Kier molecular flexibility index (Phi) is 3.73. The van der Waals surface area contributed by atoms with Crippen LogP contribution in [0.15, 0.2) is 69.2 Å². The molecule has 26 heavy (non-hydrogen) atoms. The molecule has 4 N–H and O–H groups in total. The van der Waals surface area contributed by atoms with E-state index in [4.69, 9.17) is 32.8 Å². The van der Waals surface area contributed by atoms with E-state index in [-0.39, 0.29) is 16.4 Å². The highest BCUT2D eigenvalue weighted by molar-refractivity contribution is 7.80. The quantitative estimate of drug-likeness (QED) is 0.534. The van der Waals surface area contributed by atoms with E-state index in [1.54, 1.807) is 36.4 Å². The van der Waals surface area contributed by atoms with Crippen molar-refractivity contribution in [1.29, 1.82) is 0 Å². The number of para-hydroxylation sites is 1. The van der Waals surface area contributed by atoms with E-state index in [0.717, 1.165) is 0 Å². The lowest BCUT2D eigenvalue weighted by atomic mass is 9.83. The van der Waals surface area contributed by atoms with Crippen molar-refractivity contribution in [2.75, 3.05) is 0 Å². The zero-order valence-corrected chi connectivity index (χ0v) is 14.2. The van der Waals surface area contributed by atoms with Gasteiger partial charge in [-0.15, -0.1) is 0 Å². The van der Waals surface area contributed by atoms with Crippen LogP contribution in [0.3, 0.4) is 0 Å². The third-order valence-corrected chi connectivity index (χ3v) is 4.54. The molecule has 2 aromatic carbocycles. The molecule has 5 nitrogen and oxygen atoms in total. The zero-order valence-electron chi connectivity index (χ0n) is 13.4. The van der Waals surface area contributed by atoms with Gasteiger partial charge < -0.3 is 20.6 Å².